The fourth-order valence-corrected chi connectivity index (χ4v) is 12.9. The molecule has 0 aromatic rings. The van der Waals surface area contributed by atoms with Gasteiger partial charge in [0.2, 0.25) is 0 Å². The number of phosphoric acid groups is 2. The topological polar surface area (TPSA) is 237 Å². The first kappa shape index (κ1) is 91.1. The highest BCUT2D eigenvalue weighted by atomic mass is 31.2. The van der Waals surface area contributed by atoms with Crippen LogP contribution in [0.15, 0.2) is 0 Å². The number of unbranched alkanes of at least 4 members (excludes halogenated alkanes) is 43. The van der Waals surface area contributed by atoms with Crippen molar-refractivity contribution in [3.8, 4) is 0 Å². The number of ether oxygens (including phenoxy) is 4. The van der Waals surface area contributed by atoms with Gasteiger partial charge in [0.05, 0.1) is 26.4 Å². The Morgan fingerprint density at radius 3 is 0.731 bits per heavy atom. The average Bonchev–Trinajstić information content (AvgIpc) is 3.00. The molecule has 0 heterocycles. The molecule has 0 saturated heterocycles. The summed E-state index contributed by atoms with van der Waals surface area (Å²) < 4.78 is 68.4. The number of aliphatic hydroxyl groups excluding tert-OH is 1. The Balaban J connectivity index is 5.25. The van der Waals surface area contributed by atoms with Gasteiger partial charge in [-0.3, -0.25) is 37.3 Å². The van der Waals surface area contributed by atoms with Crippen LogP contribution in [0.1, 0.15) is 382 Å². The second kappa shape index (κ2) is 66.0. The normalized spacial score (nSPS) is 14.1. The molecule has 0 aliphatic rings. The largest absolute Gasteiger partial charge is 0.472 e. The third-order valence-corrected chi connectivity index (χ3v) is 19.1. The molecule has 0 rings (SSSR count). The second-order valence-corrected chi connectivity index (χ2v) is 30.5. The lowest BCUT2D eigenvalue weighted by atomic mass is 10.0. The molecule has 0 aliphatic heterocycles. The Morgan fingerprint density at radius 1 is 0.290 bits per heavy atom. The number of esters is 4. The molecule has 0 saturated carbocycles. The van der Waals surface area contributed by atoms with E-state index in [1.54, 1.807) is 0 Å². The highest BCUT2D eigenvalue weighted by molar-refractivity contribution is 7.47. The van der Waals surface area contributed by atoms with Crippen LogP contribution in [0.4, 0.5) is 0 Å². The van der Waals surface area contributed by atoms with Crippen molar-refractivity contribution >= 4 is 39.5 Å². The van der Waals surface area contributed by atoms with E-state index in [1.165, 1.54) is 199 Å². The Bertz CT molecular complexity index is 1800. The lowest BCUT2D eigenvalue weighted by molar-refractivity contribution is -0.161. The van der Waals surface area contributed by atoms with Crippen molar-refractivity contribution in [1.29, 1.82) is 0 Å². The molecule has 0 spiro atoms. The van der Waals surface area contributed by atoms with Crippen LogP contribution in [0.5, 0.6) is 0 Å². The zero-order valence-electron chi connectivity index (χ0n) is 60.6. The monoisotopic (exact) mass is 1370 g/mol. The summed E-state index contributed by atoms with van der Waals surface area (Å²) in [6.45, 7) is 9.61. The van der Waals surface area contributed by atoms with Gasteiger partial charge in [-0.25, -0.2) is 9.13 Å². The highest BCUT2D eigenvalue weighted by Crippen LogP contribution is 2.45. The minimum absolute atomic E-state index is 0.107. The summed E-state index contributed by atoms with van der Waals surface area (Å²) in [5, 5.41) is 10.6. The molecular formula is C74H144O17P2. The van der Waals surface area contributed by atoms with Gasteiger partial charge in [0.15, 0.2) is 12.2 Å². The number of rotatable bonds is 73. The number of aliphatic hydroxyl groups is 1. The summed E-state index contributed by atoms with van der Waals surface area (Å²) in [6.07, 6.45) is 52.5. The number of carbonyl (C=O) groups is 4. The standard InChI is InChI=1S/C74H144O17P2/c1-7-9-11-13-15-17-24-32-38-44-50-56-71(76)84-62-69(90-73(78)58-52-46-40-34-25-18-16-14-12-10-8-2)64-88-92(80,81)86-60-68(75)61-87-93(82,83)89-65-70(63-85-72(77)57-51-45-39-33-28-23-22-27-31-37-43-49-55-67(5)6)91-74(79)59-53-47-41-35-29-21-19-20-26-30-36-42-48-54-66(3)4/h66-70,75H,7-65H2,1-6H3,(H,80,81)(H,82,83)/t68-,69+,70+/m0/s1. The van der Waals surface area contributed by atoms with Crippen LogP contribution < -0.4 is 0 Å². The van der Waals surface area contributed by atoms with Gasteiger partial charge in [-0.15, -0.1) is 0 Å². The second-order valence-electron chi connectivity index (χ2n) is 27.6. The molecule has 0 amide bonds. The molecule has 0 aromatic carbocycles. The molecule has 93 heavy (non-hydrogen) atoms. The van der Waals surface area contributed by atoms with Crippen molar-refractivity contribution in [3.63, 3.8) is 0 Å². The van der Waals surface area contributed by atoms with E-state index >= 15 is 0 Å². The van der Waals surface area contributed by atoms with Crippen molar-refractivity contribution in [1.82, 2.24) is 0 Å². The molecule has 3 N–H and O–H groups in total. The van der Waals surface area contributed by atoms with Crippen LogP contribution in [0.3, 0.4) is 0 Å². The first-order valence-corrected chi connectivity index (χ1v) is 41.5. The number of hydrogen-bond acceptors (Lipinski definition) is 15. The Kier molecular flexibility index (Phi) is 64.6. The summed E-state index contributed by atoms with van der Waals surface area (Å²) in [5.41, 5.74) is 0. The molecule has 0 aromatic heterocycles. The molecule has 19 heteroatoms. The van der Waals surface area contributed by atoms with Crippen LogP contribution in [-0.4, -0.2) is 96.7 Å². The van der Waals surface area contributed by atoms with Crippen molar-refractivity contribution in [2.45, 2.75) is 400 Å². The predicted molar refractivity (Wildman–Crippen MR) is 377 cm³/mol. The van der Waals surface area contributed by atoms with Gasteiger partial charge in [-0.05, 0) is 37.5 Å². The van der Waals surface area contributed by atoms with E-state index < -0.39 is 97.5 Å². The van der Waals surface area contributed by atoms with Gasteiger partial charge in [0.25, 0.3) is 0 Å². The molecule has 0 aliphatic carbocycles. The number of phosphoric ester groups is 2. The van der Waals surface area contributed by atoms with Gasteiger partial charge < -0.3 is 33.8 Å². The molecule has 0 radical (unpaired) electrons. The molecule has 5 atom stereocenters. The van der Waals surface area contributed by atoms with Crippen molar-refractivity contribution < 1.29 is 80.2 Å². The highest BCUT2D eigenvalue weighted by Gasteiger charge is 2.30. The van der Waals surface area contributed by atoms with Gasteiger partial charge >= 0.3 is 39.5 Å². The fraction of sp³-hybridized carbons (Fsp3) is 0.946. The summed E-state index contributed by atoms with van der Waals surface area (Å²) in [4.78, 5) is 72.7. The minimum atomic E-state index is -4.96. The van der Waals surface area contributed by atoms with Crippen LogP contribution in [0.25, 0.3) is 0 Å². The van der Waals surface area contributed by atoms with E-state index in [1.807, 2.05) is 0 Å². The Morgan fingerprint density at radius 2 is 0.495 bits per heavy atom. The Labute approximate surface area is 568 Å². The molecular weight excluding hydrogens is 1220 g/mol. The van der Waals surface area contributed by atoms with Crippen LogP contribution >= 0.6 is 15.6 Å². The van der Waals surface area contributed by atoms with Crippen molar-refractivity contribution in [2.75, 3.05) is 39.6 Å². The zero-order valence-corrected chi connectivity index (χ0v) is 62.3. The van der Waals surface area contributed by atoms with Crippen LogP contribution in [-0.2, 0) is 65.4 Å². The zero-order chi connectivity index (χ0) is 68.6. The predicted octanol–water partition coefficient (Wildman–Crippen LogP) is 21.6. The Hall–Kier alpha value is -1.94. The van der Waals surface area contributed by atoms with E-state index in [-0.39, 0.29) is 25.7 Å². The van der Waals surface area contributed by atoms with Crippen LogP contribution in [0.2, 0.25) is 0 Å². The maximum Gasteiger partial charge on any atom is 0.472 e. The molecule has 17 nitrogen and oxygen atoms in total. The van der Waals surface area contributed by atoms with E-state index in [0.29, 0.717) is 25.7 Å². The van der Waals surface area contributed by atoms with Gasteiger partial charge in [0, 0.05) is 25.7 Å². The van der Waals surface area contributed by atoms with E-state index in [2.05, 4.69) is 41.5 Å². The lowest BCUT2D eigenvalue weighted by Gasteiger charge is -2.21. The minimum Gasteiger partial charge on any atom is -0.462 e. The lowest BCUT2D eigenvalue weighted by Crippen LogP contribution is -2.30. The average molecular weight is 1370 g/mol. The summed E-state index contributed by atoms with van der Waals surface area (Å²) in [7, 11) is -9.91. The first-order valence-electron chi connectivity index (χ1n) is 38.5. The SMILES string of the molecule is CCCCCCCCCCCCCC(=O)OC[C@H](COP(=O)(O)OC[C@H](O)COP(=O)(O)OC[C@@H](COC(=O)CCCCCCCCCCCCCCC(C)C)OC(=O)CCCCCCCCCCCCCCCC(C)C)OC(=O)CCCCCCCCCCCCC. The fourth-order valence-electron chi connectivity index (χ4n) is 11.3. The smallest absolute Gasteiger partial charge is 0.462 e. The van der Waals surface area contributed by atoms with Crippen LogP contribution in [0, 0.1) is 11.8 Å². The third-order valence-electron chi connectivity index (χ3n) is 17.2. The van der Waals surface area contributed by atoms with Crippen molar-refractivity contribution in [2.24, 2.45) is 11.8 Å². The number of carbonyl (C=O) groups excluding carboxylic acids is 4. The van der Waals surface area contributed by atoms with Gasteiger partial charge in [-0.1, -0.05) is 330 Å². The summed E-state index contributed by atoms with van der Waals surface area (Å²) in [6, 6.07) is 0. The maximum absolute atomic E-state index is 13.1. The van der Waals surface area contributed by atoms with E-state index in [9.17, 15) is 43.2 Å². The number of hydrogen-bond donors (Lipinski definition) is 3. The van der Waals surface area contributed by atoms with Crippen molar-refractivity contribution in [3.05, 3.63) is 0 Å². The summed E-state index contributed by atoms with van der Waals surface area (Å²) >= 11 is 0. The first-order chi connectivity index (χ1) is 44.9. The quantitative estimate of drug-likeness (QED) is 0.0222. The molecule has 2 unspecified atom stereocenters. The molecule has 0 bridgehead atoms. The summed E-state index contributed by atoms with van der Waals surface area (Å²) in [5.74, 6) is -0.548. The molecule has 552 valence electrons. The maximum atomic E-state index is 13.1. The third kappa shape index (κ3) is 68.4. The van der Waals surface area contributed by atoms with Gasteiger partial charge in [0.1, 0.15) is 19.3 Å². The van der Waals surface area contributed by atoms with E-state index in [0.717, 1.165) is 102 Å². The van der Waals surface area contributed by atoms with Gasteiger partial charge in [-0.2, -0.15) is 0 Å². The molecule has 0 fully saturated rings. The van der Waals surface area contributed by atoms with E-state index in [4.69, 9.17) is 37.0 Å².